The van der Waals surface area contributed by atoms with E-state index in [2.05, 4.69) is 11.9 Å². The molecule has 112 valence electrons. The minimum Gasteiger partial charge on any atom is -0.382 e. The summed E-state index contributed by atoms with van der Waals surface area (Å²) < 4.78 is 5.09. The molecule has 7 nitrogen and oxygen atoms in total. The van der Waals surface area contributed by atoms with E-state index in [9.17, 15) is 9.59 Å². The van der Waals surface area contributed by atoms with Crippen LogP contribution in [0.15, 0.2) is 24.4 Å². The third kappa shape index (κ3) is 3.37. The lowest BCUT2D eigenvalue weighted by Crippen LogP contribution is -2.54. The summed E-state index contributed by atoms with van der Waals surface area (Å²) in [6.07, 6.45) is 3.17. The van der Waals surface area contributed by atoms with E-state index in [1.807, 2.05) is 6.92 Å². The van der Waals surface area contributed by atoms with Gasteiger partial charge < -0.3 is 15.0 Å². The topological polar surface area (TPSA) is 71.1 Å². The number of amides is 3. The van der Waals surface area contributed by atoms with E-state index in [4.69, 9.17) is 9.57 Å². The molecule has 0 aromatic heterocycles. The molecule has 0 aromatic carbocycles. The van der Waals surface area contributed by atoms with Gasteiger partial charge >= 0.3 is 6.03 Å². The molecule has 20 heavy (non-hydrogen) atoms. The number of methoxy groups -OCH3 is 1. The second kappa shape index (κ2) is 7.66. The Morgan fingerprint density at radius 1 is 1.60 bits per heavy atom. The van der Waals surface area contributed by atoms with Crippen LogP contribution < -0.4 is 5.32 Å². The largest absolute Gasteiger partial charge is 0.382 e. The lowest BCUT2D eigenvalue weighted by Gasteiger charge is -2.38. The van der Waals surface area contributed by atoms with E-state index in [1.165, 1.54) is 13.1 Å². The zero-order chi connectivity index (χ0) is 15.1. The fraction of sp³-hybridized carbons (Fsp3) is 0.538. The predicted molar refractivity (Wildman–Crippen MR) is 73.6 cm³/mol. The van der Waals surface area contributed by atoms with Crippen LogP contribution in [-0.4, -0.2) is 61.9 Å². The molecule has 0 fully saturated rings. The molecule has 1 heterocycles. The quantitative estimate of drug-likeness (QED) is 0.691. The number of rotatable bonds is 7. The van der Waals surface area contributed by atoms with Crippen LogP contribution in [0, 0.1) is 0 Å². The molecule has 1 aliphatic heterocycles. The smallest absolute Gasteiger partial charge is 0.349 e. The van der Waals surface area contributed by atoms with Crippen molar-refractivity contribution in [3.8, 4) is 0 Å². The molecule has 0 aliphatic carbocycles. The molecular formula is C13H21N3O4. The molecule has 0 spiro atoms. The number of nitrogens with zero attached hydrogens (tertiary/aromatic N) is 2. The van der Waals surface area contributed by atoms with Crippen LogP contribution in [-0.2, 0) is 14.4 Å². The number of hydroxylamine groups is 2. The van der Waals surface area contributed by atoms with E-state index in [-0.39, 0.29) is 24.3 Å². The van der Waals surface area contributed by atoms with E-state index >= 15 is 0 Å². The molecule has 7 heteroatoms. The first-order valence-electron chi connectivity index (χ1n) is 6.38. The highest BCUT2D eigenvalue weighted by Crippen LogP contribution is 2.20. The lowest BCUT2D eigenvalue weighted by molar-refractivity contribution is -0.132. The van der Waals surface area contributed by atoms with E-state index in [0.717, 1.165) is 5.06 Å². The van der Waals surface area contributed by atoms with Gasteiger partial charge in [0, 0.05) is 20.7 Å². The fourth-order valence-corrected chi connectivity index (χ4v) is 1.93. The van der Waals surface area contributed by atoms with Crippen molar-refractivity contribution in [2.75, 3.05) is 33.9 Å². The molecule has 0 radical (unpaired) electrons. The van der Waals surface area contributed by atoms with Gasteiger partial charge in [0.25, 0.3) is 5.91 Å². The van der Waals surface area contributed by atoms with Gasteiger partial charge in [-0.2, -0.15) is 5.06 Å². The minimum absolute atomic E-state index is 0.132. The highest BCUT2D eigenvalue weighted by Gasteiger charge is 2.36. The van der Waals surface area contributed by atoms with Gasteiger partial charge in [-0.05, 0) is 13.0 Å². The molecule has 0 saturated heterocycles. The van der Waals surface area contributed by atoms with Gasteiger partial charge in [0.1, 0.15) is 5.70 Å². The summed E-state index contributed by atoms with van der Waals surface area (Å²) in [5.74, 6) is -0.390. The van der Waals surface area contributed by atoms with Gasteiger partial charge in [-0.25, -0.2) is 4.79 Å². The van der Waals surface area contributed by atoms with Crippen LogP contribution in [0.1, 0.15) is 6.92 Å². The Bertz CT molecular complexity index is 408. The average molecular weight is 283 g/mol. The Morgan fingerprint density at radius 3 is 2.80 bits per heavy atom. The SMILES string of the molecule is C=CCON1C(=O)N(CC)[C@H](COC)C=C1C(=O)NC. The number of carbonyl (C=O) groups is 2. The maximum Gasteiger partial charge on any atom is 0.349 e. The van der Waals surface area contributed by atoms with E-state index < -0.39 is 6.03 Å². The first-order chi connectivity index (χ1) is 9.60. The number of likely N-dealkylation sites (N-methyl/N-ethyl adjacent to an activating group) is 2. The maximum atomic E-state index is 12.4. The standard InChI is InChI=1S/C13H21N3O4/c1-5-7-20-16-11(12(17)14-3)8-10(9-19-4)15(6-2)13(16)18/h5,8,10H,1,6-7,9H2,2-4H3,(H,14,17)/t10-/m0/s1. The van der Waals surface area contributed by atoms with Crippen LogP contribution in [0.4, 0.5) is 4.79 Å². The van der Waals surface area contributed by atoms with Gasteiger partial charge in [-0.1, -0.05) is 6.08 Å². The van der Waals surface area contributed by atoms with E-state index in [0.29, 0.717) is 13.2 Å². The summed E-state index contributed by atoms with van der Waals surface area (Å²) >= 11 is 0. The van der Waals surface area contributed by atoms with Crippen molar-refractivity contribution in [2.45, 2.75) is 13.0 Å². The molecular weight excluding hydrogens is 262 g/mol. The Morgan fingerprint density at radius 2 is 2.30 bits per heavy atom. The summed E-state index contributed by atoms with van der Waals surface area (Å²) in [5, 5.41) is 3.49. The van der Waals surface area contributed by atoms with Gasteiger partial charge in [0.15, 0.2) is 0 Å². The Hall–Kier alpha value is -1.86. The molecule has 3 amide bonds. The van der Waals surface area contributed by atoms with Crippen molar-refractivity contribution in [3.63, 3.8) is 0 Å². The first-order valence-corrected chi connectivity index (χ1v) is 6.38. The van der Waals surface area contributed by atoms with Crippen LogP contribution in [0.3, 0.4) is 0 Å². The van der Waals surface area contributed by atoms with Gasteiger partial charge in [-0.3, -0.25) is 9.63 Å². The van der Waals surface area contributed by atoms with Crippen LogP contribution in [0.5, 0.6) is 0 Å². The highest BCUT2D eigenvalue weighted by atomic mass is 16.7. The summed E-state index contributed by atoms with van der Waals surface area (Å²) in [6.45, 7) is 6.31. The van der Waals surface area contributed by atoms with Crippen molar-refractivity contribution in [3.05, 3.63) is 24.4 Å². The van der Waals surface area contributed by atoms with Crippen molar-refractivity contribution in [2.24, 2.45) is 0 Å². The number of ether oxygens (including phenoxy) is 1. The number of hydrogen-bond donors (Lipinski definition) is 1. The normalized spacial score (nSPS) is 18.9. The van der Waals surface area contributed by atoms with Gasteiger partial charge in [0.2, 0.25) is 0 Å². The Balaban J connectivity index is 3.12. The summed E-state index contributed by atoms with van der Waals surface area (Å²) in [4.78, 5) is 31.1. The Labute approximate surface area is 118 Å². The maximum absolute atomic E-state index is 12.4. The number of carbonyl (C=O) groups excluding carboxylic acids is 2. The van der Waals surface area contributed by atoms with Gasteiger partial charge in [-0.15, -0.1) is 6.58 Å². The monoisotopic (exact) mass is 283 g/mol. The molecule has 1 rings (SSSR count). The molecule has 1 atom stereocenters. The van der Waals surface area contributed by atoms with Crippen LogP contribution in [0.25, 0.3) is 0 Å². The first kappa shape index (κ1) is 16.2. The summed E-state index contributed by atoms with van der Waals surface area (Å²) in [5.41, 5.74) is 0.158. The Kier molecular flexibility index (Phi) is 6.20. The fourth-order valence-electron chi connectivity index (χ4n) is 1.93. The van der Waals surface area contributed by atoms with Crippen molar-refractivity contribution in [1.29, 1.82) is 0 Å². The second-order valence-electron chi connectivity index (χ2n) is 4.10. The molecule has 1 aliphatic rings. The highest BCUT2D eigenvalue weighted by molar-refractivity contribution is 5.97. The third-order valence-electron chi connectivity index (χ3n) is 2.85. The van der Waals surface area contributed by atoms with Crippen LogP contribution in [0.2, 0.25) is 0 Å². The zero-order valence-electron chi connectivity index (χ0n) is 12.1. The zero-order valence-corrected chi connectivity index (χ0v) is 12.1. The second-order valence-corrected chi connectivity index (χ2v) is 4.10. The molecule has 1 N–H and O–H groups in total. The summed E-state index contributed by atoms with van der Waals surface area (Å²) in [7, 11) is 3.04. The van der Waals surface area contributed by atoms with E-state index in [1.54, 1.807) is 18.1 Å². The summed E-state index contributed by atoms with van der Waals surface area (Å²) in [6, 6.07) is -0.689. The van der Waals surface area contributed by atoms with Crippen molar-refractivity contribution < 1.29 is 19.2 Å². The van der Waals surface area contributed by atoms with Crippen molar-refractivity contribution >= 4 is 11.9 Å². The lowest BCUT2D eigenvalue weighted by atomic mass is 10.1. The number of nitrogens with one attached hydrogen (secondary N) is 1. The number of urea groups is 1. The predicted octanol–water partition coefficient (Wildman–Crippen LogP) is 0.506. The molecule has 0 aromatic rings. The number of hydrogen-bond acceptors (Lipinski definition) is 4. The minimum atomic E-state index is -0.391. The molecule has 0 saturated carbocycles. The third-order valence-corrected chi connectivity index (χ3v) is 2.85. The molecule has 0 unspecified atom stereocenters. The van der Waals surface area contributed by atoms with Gasteiger partial charge in [0.05, 0.1) is 19.3 Å². The van der Waals surface area contributed by atoms with Crippen molar-refractivity contribution in [1.82, 2.24) is 15.3 Å². The van der Waals surface area contributed by atoms with Crippen LogP contribution >= 0.6 is 0 Å². The molecule has 0 bridgehead atoms. The average Bonchev–Trinajstić information content (AvgIpc) is 2.45.